The minimum absolute atomic E-state index is 0.00260. The second-order valence-corrected chi connectivity index (χ2v) is 5.40. The second-order valence-electron chi connectivity index (χ2n) is 4.99. The quantitative estimate of drug-likeness (QED) is 0.647. The summed E-state index contributed by atoms with van der Waals surface area (Å²) in [5.41, 5.74) is 1.74. The number of benzene rings is 1. The van der Waals surface area contributed by atoms with Crippen LogP contribution in [-0.4, -0.2) is 17.6 Å². The van der Waals surface area contributed by atoms with Gasteiger partial charge >= 0.3 is 0 Å². The van der Waals surface area contributed by atoms with Gasteiger partial charge in [0.15, 0.2) is 5.11 Å². The molecule has 2 N–H and O–H groups in total. The Morgan fingerprint density at radius 1 is 1.50 bits per heavy atom. The smallest absolute Gasteiger partial charge is 0.229 e. The summed E-state index contributed by atoms with van der Waals surface area (Å²) in [5.74, 6) is 0.867. The van der Waals surface area contributed by atoms with Crippen molar-refractivity contribution < 1.29 is 9.53 Å². The highest BCUT2D eigenvalue weighted by atomic mass is 32.1. The Labute approximate surface area is 124 Å². The molecular weight excluding hydrogens is 272 g/mol. The molecule has 1 aliphatic carbocycles. The van der Waals surface area contributed by atoms with E-state index in [4.69, 9.17) is 17.0 Å². The van der Waals surface area contributed by atoms with Gasteiger partial charge in [-0.15, -0.1) is 0 Å². The molecule has 1 aromatic carbocycles. The molecule has 0 radical (unpaired) electrons. The van der Waals surface area contributed by atoms with Crippen LogP contribution < -0.4 is 15.4 Å². The first-order valence-electron chi connectivity index (χ1n) is 6.53. The van der Waals surface area contributed by atoms with Gasteiger partial charge in [-0.1, -0.05) is 12.6 Å². The molecule has 5 heteroatoms. The van der Waals surface area contributed by atoms with Crippen LogP contribution >= 0.6 is 12.2 Å². The first-order chi connectivity index (χ1) is 9.54. The van der Waals surface area contributed by atoms with E-state index in [1.807, 2.05) is 31.2 Å². The summed E-state index contributed by atoms with van der Waals surface area (Å²) in [6.07, 6.45) is 1.91. The van der Waals surface area contributed by atoms with E-state index in [1.165, 1.54) is 0 Å². The lowest BCUT2D eigenvalue weighted by Crippen LogP contribution is -2.35. The van der Waals surface area contributed by atoms with Crippen LogP contribution in [0.25, 0.3) is 0 Å². The van der Waals surface area contributed by atoms with Crippen LogP contribution in [0.4, 0.5) is 5.69 Å². The van der Waals surface area contributed by atoms with Crippen LogP contribution in [0, 0.1) is 5.92 Å². The number of carbonyl (C=O) groups excluding carboxylic acids is 1. The van der Waals surface area contributed by atoms with Crippen molar-refractivity contribution in [2.75, 3.05) is 11.9 Å². The zero-order valence-corrected chi connectivity index (χ0v) is 12.3. The number of nitrogens with one attached hydrogen (secondary N) is 2. The van der Waals surface area contributed by atoms with E-state index >= 15 is 0 Å². The highest BCUT2D eigenvalue weighted by molar-refractivity contribution is 7.80. The molecule has 106 valence electrons. The molecule has 2 rings (SSSR count). The number of carbonyl (C=O) groups is 1. The van der Waals surface area contributed by atoms with Crippen LogP contribution in [0.15, 0.2) is 36.4 Å². The van der Waals surface area contributed by atoms with Crippen molar-refractivity contribution in [2.24, 2.45) is 5.92 Å². The van der Waals surface area contributed by atoms with Gasteiger partial charge in [0.25, 0.3) is 0 Å². The Morgan fingerprint density at radius 2 is 2.25 bits per heavy atom. The molecule has 0 spiro atoms. The summed E-state index contributed by atoms with van der Waals surface area (Å²) < 4.78 is 5.55. The van der Waals surface area contributed by atoms with E-state index in [1.54, 1.807) is 0 Å². The molecule has 0 aliphatic heterocycles. The molecule has 0 heterocycles. The number of anilines is 1. The Hall–Kier alpha value is -1.88. The van der Waals surface area contributed by atoms with Gasteiger partial charge in [0, 0.05) is 17.7 Å². The molecule has 4 nitrogen and oxygen atoms in total. The van der Waals surface area contributed by atoms with E-state index < -0.39 is 0 Å². The molecule has 0 saturated heterocycles. The Morgan fingerprint density at radius 3 is 2.90 bits per heavy atom. The molecule has 1 saturated carbocycles. The number of rotatable bonds is 5. The summed E-state index contributed by atoms with van der Waals surface area (Å²) in [6.45, 7) is 6.17. The van der Waals surface area contributed by atoms with Crippen molar-refractivity contribution in [2.45, 2.75) is 19.8 Å². The largest absolute Gasteiger partial charge is 0.489 e. The highest BCUT2D eigenvalue weighted by Gasteiger charge is 2.29. The molecule has 0 aromatic heterocycles. The van der Waals surface area contributed by atoms with Crippen LogP contribution in [0.2, 0.25) is 0 Å². The molecular formula is C15H18N2O2S. The lowest BCUT2D eigenvalue weighted by molar-refractivity contribution is -0.120. The third-order valence-electron chi connectivity index (χ3n) is 2.76. The van der Waals surface area contributed by atoms with Crippen LogP contribution in [-0.2, 0) is 4.79 Å². The van der Waals surface area contributed by atoms with Crippen molar-refractivity contribution in [3.63, 3.8) is 0 Å². The average Bonchev–Trinajstić information content (AvgIpc) is 3.20. The number of amides is 1. The molecule has 0 unspecified atom stereocenters. The van der Waals surface area contributed by atoms with Crippen LogP contribution in [0.3, 0.4) is 0 Å². The SMILES string of the molecule is C=C(C)COc1cccc(NC(=S)NC(=O)C2CC2)c1. The molecule has 1 fully saturated rings. The van der Waals surface area contributed by atoms with Gasteiger partial charge in [0.1, 0.15) is 12.4 Å². The van der Waals surface area contributed by atoms with E-state index in [9.17, 15) is 4.79 Å². The topological polar surface area (TPSA) is 50.4 Å². The maximum Gasteiger partial charge on any atom is 0.229 e. The van der Waals surface area contributed by atoms with Crippen LogP contribution in [0.5, 0.6) is 5.75 Å². The van der Waals surface area contributed by atoms with Crippen molar-refractivity contribution in [3.05, 3.63) is 36.4 Å². The molecule has 1 amide bonds. The zero-order chi connectivity index (χ0) is 14.5. The van der Waals surface area contributed by atoms with Gasteiger partial charge in [-0.05, 0) is 49.7 Å². The Balaban J connectivity index is 1.87. The fraction of sp³-hybridized carbons (Fsp3) is 0.333. The summed E-state index contributed by atoms with van der Waals surface area (Å²) in [6, 6.07) is 7.42. The maximum atomic E-state index is 11.6. The van der Waals surface area contributed by atoms with Gasteiger partial charge in [0.2, 0.25) is 5.91 Å². The monoisotopic (exact) mass is 290 g/mol. The summed E-state index contributed by atoms with van der Waals surface area (Å²) >= 11 is 5.11. The molecule has 1 aromatic rings. The minimum atomic E-state index is -0.00260. The zero-order valence-electron chi connectivity index (χ0n) is 11.4. The van der Waals surface area contributed by atoms with Crippen molar-refractivity contribution in [1.29, 1.82) is 0 Å². The van der Waals surface area contributed by atoms with Gasteiger partial charge < -0.3 is 15.4 Å². The summed E-state index contributed by atoms with van der Waals surface area (Å²) in [7, 11) is 0. The van der Waals surface area contributed by atoms with Crippen molar-refractivity contribution in [3.8, 4) is 5.75 Å². The maximum absolute atomic E-state index is 11.6. The fourth-order valence-electron chi connectivity index (χ4n) is 1.59. The number of hydrogen-bond donors (Lipinski definition) is 2. The van der Waals surface area contributed by atoms with E-state index in [0.717, 1.165) is 29.9 Å². The first kappa shape index (κ1) is 14.5. The van der Waals surface area contributed by atoms with Gasteiger partial charge in [0.05, 0.1) is 0 Å². The predicted octanol–water partition coefficient (Wildman–Crippen LogP) is 2.86. The lowest BCUT2D eigenvalue weighted by atomic mass is 10.3. The predicted molar refractivity (Wildman–Crippen MR) is 83.8 cm³/mol. The number of hydrogen-bond acceptors (Lipinski definition) is 3. The van der Waals surface area contributed by atoms with Crippen LogP contribution in [0.1, 0.15) is 19.8 Å². The third kappa shape index (κ3) is 4.66. The third-order valence-corrected chi connectivity index (χ3v) is 2.97. The summed E-state index contributed by atoms with van der Waals surface area (Å²) in [5, 5.41) is 5.99. The Kier molecular flexibility index (Phi) is 4.74. The standard InChI is InChI=1S/C15H18N2O2S/c1-10(2)9-19-13-5-3-4-12(8-13)16-15(20)17-14(18)11-6-7-11/h3-5,8,11H,1,6-7,9H2,2H3,(H2,16,17,18,20). The minimum Gasteiger partial charge on any atom is -0.489 e. The second kappa shape index (κ2) is 6.52. The number of thiocarbonyl (C=S) groups is 1. The van der Waals surface area contributed by atoms with Crippen molar-refractivity contribution in [1.82, 2.24) is 5.32 Å². The molecule has 1 aliphatic rings. The Bertz CT molecular complexity index is 538. The molecule has 0 bridgehead atoms. The van der Waals surface area contributed by atoms with Gasteiger partial charge in [-0.25, -0.2) is 0 Å². The average molecular weight is 290 g/mol. The number of ether oxygens (including phenoxy) is 1. The summed E-state index contributed by atoms with van der Waals surface area (Å²) in [4.78, 5) is 11.6. The highest BCUT2D eigenvalue weighted by Crippen LogP contribution is 2.28. The molecule has 20 heavy (non-hydrogen) atoms. The lowest BCUT2D eigenvalue weighted by Gasteiger charge is -2.11. The first-order valence-corrected chi connectivity index (χ1v) is 6.94. The van der Waals surface area contributed by atoms with E-state index in [2.05, 4.69) is 17.2 Å². The molecule has 0 atom stereocenters. The van der Waals surface area contributed by atoms with Crippen molar-refractivity contribution >= 4 is 28.9 Å². The van der Waals surface area contributed by atoms with E-state index in [-0.39, 0.29) is 11.8 Å². The van der Waals surface area contributed by atoms with Gasteiger partial charge in [-0.2, -0.15) is 0 Å². The fourth-order valence-corrected chi connectivity index (χ4v) is 1.81. The van der Waals surface area contributed by atoms with Gasteiger partial charge in [-0.3, -0.25) is 4.79 Å². The normalized spacial score (nSPS) is 13.4. The van der Waals surface area contributed by atoms with E-state index in [0.29, 0.717) is 11.7 Å².